The van der Waals surface area contributed by atoms with Crippen molar-refractivity contribution in [3.05, 3.63) is 21.8 Å². The molecule has 0 spiro atoms. The number of halogens is 2. The van der Waals surface area contributed by atoms with E-state index in [0.29, 0.717) is 6.04 Å². The van der Waals surface area contributed by atoms with Crippen molar-refractivity contribution in [3.8, 4) is 0 Å². The highest BCUT2D eigenvalue weighted by Crippen LogP contribution is 2.34. The first-order valence-corrected chi connectivity index (χ1v) is 7.21. The van der Waals surface area contributed by atoms with Crippen LogP contribution in [-0.4, -0.2) is 30.7 Å². The highest BCUT2D eigenvalue weighted by molar-refractivity contribution is 9.10. The van der Waals surface area contributed by atoms with Crippen molar-refractivity contribution >= 4 is 33.3 Å². The molecule has 2 saturated heterocycles. The molecule has 2 aliphatic rings. The number of hydrogen-bond donors (Lipinski definition) is 1. The lowest BCUT2D eigenvalue weighted by Gasteiger charge is -2.38. The fourth-order valence-corrected chi connectivity index (χ4v) is 3.69. The molecule has 1 aromatic rings. The van der Waals surface area contributed by atoms with E-state index < -0.39 is 0 Å². The van der Waals surface area contributed by atoms with Crippen LogP contribution in [-0.2, 0) is 0 Å². The standard InChI is InChI=1S/C12H15BrClN3/c13-9-4-10(14)12(16-6-9)17-3-1-2-8-5-15-7-11(8)17/h4,6,8,11,15H,1-3,5,7H2. The Balaban J connectivity index is 1.91. The van der Waals surface area contributed by atoms with E-state index >= 15 is 0 Å². The highest BCUT2D eigenvalue weighted by Gasteiger charge is 2.36. The molecule has 0 bridgehead atoms. The molecule has 2 fully saturated rings. The zero-order chi connectivity index (χ0) is 11.8. The number of piperidine rings is 1. The van der Waals surface area contributed by atoms with E-state index in [1.54, 1.807) is 0 Å². The zero-order valence-corrected chi connectivity index (χ0v) is 11.8. The Kier molecular flexibility index (Phi) is 3.28. The maximum absolute atomic E-state index is 6.30. The molecule has 3 rings (SSSR count). The summed E-state index contributed by atoms with van der Waals surface area (Å²) >= 11 is 9.70. The van der Waals surface area contributed by atoms with Crippen molar-refractivity contribution in [3.63, 3.8) is 0 Å². The van der Waals surface area contributed by atoms with E-state index in [1.807, 2.05) is 12.3 Å². The molecule has 1 N–H and O–H groups in total. The second kappa shape index (κ2) is 4.75. The van der Waals surface area contributed by atoms with Crippen molar-refractivity contribution < 1.29 is 0 Å². The topological polar surface area (TPSA) is 28.2 Å². The van der Waals surface area contributed by atoms with Gasteiger partial charge in [0.15, 0.2) is 0 Å². The number of nitrogens with zero attached hydrogens (tertiary/aromatic N) is 2. The lowest BCUT2D eigenvalue weighted by Crippen LogP contribution is -2.45. The molecule has 0 radical (unpaired) electrons. The van der Waals surface area contributed by atoms with Gasteiger partial charge in [0, 0.05) is 36.3 Å². The van der Waals surface area contributed by atoms with E-state index in [-0.39, 0.29) is 0 Å². The van der Waals surface area contributed by atoms with E-state index in [1.165, 1.54) is 12.8 Å². The van der Waals surface area contributed by atoms with Crippen LogP contribution in [0.4, 0.5) is 5.82 Å². The summed E-state index contributed by atoms with van der Waals surface area (Å²) in [5.41, 5.74) is 0. The van der Waals surface area contributed by atoms with Gasteiger partial charge in [0.1, 0.15) is 5.82 Å². The van der Waals surface area contributed by atoms with Crippen LogP contribution in [0.1, 0.15) is 12.8 Å². The Bertz CT molecular complexity index is 426. The number of hydrogen-bond acceptors (Lipinski definition) is 3. The third kappa shape index (κ3) is 2.18. The van der Waals surface area contributed by atoms with Gasteiger partial charge < -0.3 is 10.2 Å². The molecule has 2 aliphatic heterocycles. The zero-order valence-electron chi connectivity index (χ0n) is 9.50. The highest BCUT2D eigenvalue weighted by atomic mass is 79.9. The summed E-state index contributed by atoms with van der Waals surface area (Å²) in [5.74, 6) is 1.69. The average molecular weight is 317 g/mol. The smallest absolute Gasteiger partial charge is 0.147 e. The van der Waals surface area contributed by atoms with Crippen LogP contribution < -0.4 is 10.2 Å². The molecule has 1 aromatic heterocycles. The van der Waals surface area contributed by atoms with Crippen molar-refractivity contribution in [1.29, 1.82) is 0 Å². The summed E-state index contributed by atoms with van der Waals surface area (Å²) in [4.78, 5) is 6.86. The van der Waals surface area contributed by atoms with Crippen molar-refractivity contribution in [2.75, 3.05) is 24.5 Å². The second-order valence-corrected chi connectivity index (χ2v) is 6.10. The summed E-state index contributed by atoms with van der Waals surface area (Å²) in [5, 5.41) is 4.22. The molecular weight excluding hydrogens is 302 g/mol. The summed E-state index contributed by atoms with van der Waals surface area (Å²) < 4.78 is 0.935. The number of fused-ring (bicyclic) bond motifs is 1. The first-order chi connectivity index (χ1) is 8.25. The largest absolute Gasteiger partial charge is 0.351 e. The molecule has 92 valence electrons. The molecule has 17 heavy (non-hydrogen) atoms. The van der Waals surface area contributed by atoms with Crippen molar-refractivity contribution in [2.45, 2.75) is 18.9 Å². The first kappa shape index (κ1) is 11.8. The monoisotopic (exact) mass is 315 g/mol. The maximum atomic E-state index is 6.30. The van der Waals surface area contributed by atoms with Gasteiger partial charge in [-0.3, -0.25) is 0 Å². The molecular formula is C12H15BrClN3. The van der Waals surface area contributed by atoms with E-state index in [9.17, 15) is 0 Å². The number of rotatable bonds is 1. The lowest BCUT2D eigenvalue weighted by atomic mass is 9.92. The van der Waals surface area contributed by atoms with Crippen LogP contribution in [0.15, 0.2) is 16.7 Å². The summed E-state index contributed by atoms with van der Waals surface area (Å²) in [6.45, 7) is 3.26. The lowest BCUT2D eigenvalue weighted by molar-refractivity contribution is 0.383. The molecule has 0 saturated carbocycles. The van der Waals surface area contributed by atoms with Gasteiger partial charge in [-0.2, -0.15) is 0 Å². The summed E-state index contributed by atoms with van der Waals surface area (Å²) in [7, 11) is 0. The number of nitrogens with one attached hydrogen (secondary N) is 1. The molecule has 3 nitrogen and oxygen atoms in total. The van der Waals surface area contributed by atoms with Crippen LogP contribution in [0.25, 0.3) is 0 Å². The van der Waals surface area contributed by atoms with Gasteiger partial charge in [-0.25, -0.2) is 4.98 Å². The Hall–Kier alpha value is -0.320. The van der Waals surface area contributed by atoms with Gasteiger partial charge in [0.25, 0.3) is 0 Å². The molecule has 0 amide bonds. The van der Waals surface area contributed by atoms with Gasteiger partial charge in [-0.1, -0.05) is 11.6 Å². The van der Waals surface area contributed by atoms with Crippen LogP contribution in [0, 0.1) is 5.92 Å². The molecule has 3 heterocycles. The van der Waals surface area contributed by atoms with E-state index in [2.05, 4.69) is 31.1 Å². The minimum atomic E-state index is 0.565. The van der Waals surface area contributed by atoms with Crippen molar-refractivity contribution in [1.82, 2.24) is 10.3 Å². The summed E-state index contributed by atoms with van der Waals surface area (Å²) in [6.07, 6.45) is 4.38. The van der Waals surface area contributed by atoms with Crippen LogP contribution in [0.5, 0.6) is 0 Å². The Morgan fingerprint density at radius 1 is 1.47 bits per heavy atom. The number of aromatic nitrogens is 1. The van der Waals surface area contributed by atoms with Gasteiger partial charge in [0.05, 0.1) is 5.02 Å². The van der Waals surface area contributed by atoms with Crippen LogP contribution in [0.3, 0.4) is 0 Å². The van der Waals surface area contributed by atoms with Gasteiger partial charge in [-0.05, 0) is 40.8 Å². The summed E-state index contributed by atoms with van der Waals surface area (Å²) in [6, 6.07) is 2.49. The number of anilines is 1. The molecule has 2 unspecified atom stereocenters. The third-order valence-electron chi connectivity index (χ3n) is 3.74. The number of pyridine rings is 1. The van der Waals surface area contributed by atoms with Gasteiger partial charge >= 0.3 is 0 Å². The van der Waals surface area contributed by atoms with Crippen LogP contribution in [0.2, 0.25) is 5.02 Å². The minimum absolute atomic E-state index is 0.565. The molecule has 5 heteroatoms. The van der Waals surface area contributed by atoms with Gasteiger partial charge in [0.2, 0.25) is 0 Å². The quantitative estimate of drug-likeness (QED) is 0.863. The molecule has 0 aliphatic carbocycles. The normalized spacial score (nSPS) is 28.2. The molecule has 0 aromatic carbocycles. The average Bonchev–Trinajstić information content (AvgIpc) is 2.77. The third-order valence-corrected chi connectivity index (χ3v) is 4.45. The molecule has 2 atom stereocenters. The van der Waals surface area contributed by atoms with E-state index in [4.69, 9.17) is 11.6 Å². The Morgan fingerprint density at radius 2 is 2.35 bits per heavy atom. The van der Waals surface area contributed by atoms with Gasteiger partial charge in [-0.15, -0.1) is 0 Å². The second-order valence-electron chi connectivity index (χ2n) is 4.78. The fraction of sp³-hybridized carbons (Fsp3) is 0.583. The van der Waals surface area contributed by atoms with E-state index in [0.717, 1.165) is 40.9 Å². The Morgan fingerprint density at radius 3 is 3.18 bits per heavy atom. The minimum Gasteiger partial charge on any atom is -0.351 e. The predicted molar refractivity (Wildman–Crippen MR) is 73.7 cm³/mol. The van der Waals surface area contributed by atoms with Crippen molar-refractivity contribution in [2.24, 2.45) is 5.92 Å². The Labute approximate surface area is 115 Å². The SMILES string of the molecule is Clc1cc(Br)cnc1N1CCCC2CNCC21. The fourth-order valence-electron chi connectivity index (χ4n) is 2.95. The first-order valence-electron chi connectivity index (χ1n) is 6.04. The maximum Gasteiger partial charge on any atom is 0.147 e. The predicted octanol–water partition coefficient (Wildman–Crippen LogP) is 2.69. The van der Waals surface area contributed by atoms with Crippen LogP contribution >= 0.6 is 27.5 Å².